The van der Waals surface area contributed by atoms with E-state index in [0.29, 0.717) is 10.8 Å². The molecule has 0 fully saturated rings. The van der Waals surface area contributed by atoms with E-state index in [-0.39, 0.29) is 5.75 Å². The number of hydrogen-bond acceptors (Lipinski definition) is 3. The predicted molar refractivity (Wildman–Crippen MR) is 80.9 cm³/mol. The number of para-hydroxylation sites is 2. The molecule has 0 saturated heterocycles. The monoisotopic (exact) mass is 274 g/mol. The molecule has 2 rings (SSSR count). The van der Waals surface area contributed by atoms with Gasteiger partial charge in [-0.1, -0.05) is 12.1 Å². The topological polar surface area (TPSA) is 53.5 Å². The molecule has 98 valence electrons. The average Bonchev–Trinajstić information content (AvgIpc) is 2.42. The number of aromatic hydroxyl groups is 1. The van der Waals surface area contributed by atoms with E-state index >= 15 is 0 Å². The molecule has 0 saturated carbocycles. The normalized spacial score (nSPS) is 9.74. The summed E-state index contributed by atoms with van der Waals surface area (Å²) in [6, 6.07) is 14.3. The van der Waals surface area contributed by atoms with Crippen molar-refractivity contribution in [3.05, 3.63) is 48.5 Å². The zero-order valence-electron chi connectivity index (χ0n) is 10.4. The number of phenolic OH excluding ortho intramolecular Hbond substituents is 1. The molecule has 2 aromatic rings. The van der Waals surface area contributed by atoms with Gasteiger partial charge in [0.25, 0.3) is 0 Å². The summed E-state index contributed by atoms with van der Waals surface area (Å²) >= 11 is 5.17. The maximum atomic E-state index is 9.63. The van der Waals surface area contributed by atoms with Crippen LogP contribution in [0.3, 0.4) is 0 Å². The van der Waals surface area contributed by atoms with Crippen LogP contribution >= 0.6 is 12.2 Å². The highest BCUT2D eigenvalue weighted by Crippen LogP contribution is 2.22. The number of ether oxygens (including phenoxy) is 1. The molecule has 0 aromatic heterocycles. The van der Waals surface area contributed by atoms with Crippen LogP contribution < -0.4 is 15.4 Å². The number of anilines is 2. The number of rotatable bonds is 3. The van der Waals surface area contributed by atoms with E-state index in [1.807, 2.05) is 30.3 Å². The van der Waals surface area contributed by atoms with Gasteiger partial charge in [-0.2, -0.15) is 0 Å². The van der Waals surface area contributed by atoms with Gasteiger partial charge in [-0.3, -0.25) is 0 Å². The summed E-state index contributed by atoms with van der Waals surface area (Å²) in [5.41, 5.74) is 1.40. The predicted octanol–water partition coefficient (Wildman–Crippen LogP) is 3.21. The van der Waals surface area contributed by atoms with Crippen LogP contribution in [0.4, 0.5) is 11.4 Å². The molecule has 0 heterocycles. The summed E-state index contributed by atoms with van der Waals surface area (Å²) in [5, 5.41) is 16.0. The van der Waals surface area contributed by atoms with Gasteiger partial charge in [0.15, 0.2) is 5.11 Å². The molecule has 4 nitrogen and oxygen atoms in total. The molecular weight excluding hydrogens is 260 g/mol. The lowest BCUT2D eigenvalue weighted by Crippen LogP contribution is -2.18. The second kappa shape index (κ2) is 6.06. The van der Waals surface area contributed by atoms with E-state index in [0.717, 1.165) is 11.4 Å². The molecule has 5 heteroatoms. The molecule has 0 aliphatic heterocycles. The lowest BCUT2D eigenvalue weighted by Gasteiger charge is -2.11. The third-order valence-electron chi connectivity index (χ3n) is 2.50. The van der Waals surface area contributed by atoms with Crippen molar-refractivity contribution in [2.24, 2.45) is 0 Å². The third-order valence-corrected chi connectivity index (χ3v) is 2.70. The Morgan fingerprint density at radius 3 is 2.37 bits per heavy atom. The number of hydrogen-bond donors (Lipinski definition) is 3. The maximum Gasteiger partial charge on any atom is 0.175 e. The van der Waals surface area contributed by atoms with Crippen LogP contribution in [0.2, 0.25) is 0 Å². The van der Waals surface area contributed by atoms with Crippen molar-refractivity contribution in [1.29, 1.82) is 0 Å². The summed E-state index contributed by atoms with van der Waals surface area (Å²) in [7, 11) is 1.62. The largest absolute Gasteiger partial charge is 0.506 e. The van der Waals surface area contributed by atoms with Crippen LogP contribution in [0, 0.1) is 0 Å². The highest BCUT2D eigenvalue weighted by atomic mass is 32.1. The first kappa shape index (κ1) is 13.2. The first-order valence-corrected chi connectivity index (χ1v) is 6.10. The van der Waals surface area contributed by atoms with Crippen molar-refractivity contribution in [2.45, 2.75) is 0 Å². The van der Waals surface area contributed by atoms with Gasteiger partial charge in [0.2, 0.25) is 0 Å². The van der Waals surface area contributed by atoms with Gasteiger partial charge in [0.1, 0.15) is 11.5 Å². The van der Waals surface area contributed by atoms with Crippen LogP contribution in [0.25, 0.3) is 0 Å². The number of thiocarbonyl (C=S) groups is 1. The van der Waals surface area contributed by atoms with Crippen LogP contribution in [0.1, 0.15) is 0 Å². The van der Waals surface area contributed by atoms with Gasteiger partial charge in [-0.05, 0) is 48.6 Å². The summed E-state index contributed by atoms with van der Waals surface area (Å²) in [6.07, 6.45) is 0. The van der Waals surface area contributed by atoms with Crippen molar-refractivity contribution < 1.29 is 9.84 Å². The fourth-order valence-electron chi connectivity index (χ4n) is 1.54. The Morgan fingerprint density at radius 2 is 1.74 bits per heavy atom. The fourth-order valence-corrected chi connectivity index (χ4v) is 1.77. The molecule has 0 aliphatic carbocycles. The minimum atomic E-state index is 0.154. The minimum absolute atomic E-state index is 0.154. The van der Waals surface area contributed by atoms with E-state index in [9.17, 15) is 5.11 Å². The second-order valence-corrected chi connectivity index (χ2v) is 4.23. The lowest BCUT2D eigenvalue weighted by atomic mass is 10.3. The zero-order chi connectivity index (χ0) is 13.7. The van der Waals surface area contributed by atoms with Crippen LogP contribution in [0.5, 0.6) is 11.5 Å². The summed E-state index contributed by atoms with van der Waals surface area (Å²) in [6.45, 7) is 0. The molecular formula is C14H14N2O2S. The Kier molecular flexibility index (Phi) is 4.20. The SMILES string of the molecule is COc1ccc(NC(=S)Nc2ccccc2O)cc1. The molecule has 0 amide bonds. The molecule has 0 radical (unpaired) electrons. The highest BCUT2D eigenvalue weighted by Gasteiger charge is 2.02. The zero-order valence-corrected chi connectivity index (χ0v) is 11.2. The number of benzene rings is 2. The van der Waals surface area contributed by atoms with Gasteiger partial charge < -0.3 is 20.5 Å². The second-order valence-electron chi connectivity index (χ2n) is 3.82. The van der Waals surface area contributed by atoms with E-state index in [2.05, 4.69) is 10.6 Å². The van der Waals surface area contributed by atoms with Crippen LogP contribution in [-0.4, -0.2) is 17.3 Å². The van der Waals surface area contributed by atoms with Crippen molar-refractivity contribution in [3.8, 4) is 11.5 Å². The van der Waals surface area contributed by atoms with E-state index in [1.165, 1.54) is 0 Å². The smallest absolute Gasteiger partial charge is 0.175 e. The molecule has 0 spiro atoms. The minimum Gasteiger partial charge on any atom is -0.506 e. The highest BCUT2D eigenvalue weighted by molar-refractivity contribution is 7.80. The number of methoxy groups -OCH3 is 1. The number of nitrogens with one attached hydrogen (secondary N) is 2. The first-order chi connectivity index (χ1) is 9.19. The quantitative estimate of drug-likeness (QED) is 0.593. The van der Waals surface area contributed by atoms with E-state index in [4.69, 9.17) is 17.0 Å². The molecule has 0 unspecified atom stereocenters. The van der Waals surface area contributed by atoms with Crippen LogP contribution in [0.15, 0.2) is 48.5 Å². The molecule has 0 aliphatic rings. The van der Waals surface area contributed by atoms with Gasteiger partial charge in [0, 0.05) is 5.69 Å². The van der Waals surface area contributed by atoms with Gasteiger partial charge >= 0.3 is 0 Å². The van der Waals surface area contributed by atoms with E-state index in [1.54, 1.807) is 25.3 Å². The molecule has 2 aromatic carbocycles. The number of phenols is 1. The van der Waals surface area contributed by atoms with Crippen LogP contribution in [-0.2, 0) is 0 Å². The molecule has 3 N–H and O–H groups in total. The van der Waals surface area contributed by atoms with Crippen molar-refractivity contribution in [1.82, 2.24) is 0 Å². The Balaban J connectivity index is 1.99. The molecule has 0 atom stereocenters. The third kappa shape index (κ3) is 3.59. The van der Waals surface area contributed by atoms with Gasteiger partial charge in [0.05, 0.1) is 12.8 Å². The Labute approximate surface area is 117 Å². The summed E-state index contributed by atoms with van der Waals surface area (Å²) < 4.78 is 5.08. The van der Waals surface area contributed by atoms with Gasteiger partial charge in [-0.15, -0.1) is 0 Å². The molecule has 0 bridgehead atoms. The Hall–Kier alpha value is -2.27. The fraction of sp³-hybridized carbons (Fsp3) is 0.0714. The lowest BCUT2D eigenvalue weighted by molar-refractivity contribution is 0.415. The van der Waals surface area contributed by atoms with Crippen molar-refractivity contribution in [3.63, 3.8) is 0 Å². The van der Waals surface area contributed by atoms with Gasteiger partial charge in [-0.25, -0.2) is 0 Å². The standard InChI is InChI=1S/C14H14N2O2S/c1-18-11-8-6-10(7-9-11)15-14(19)16-12-4-2-3-5-13(12)17/h2-9,17H,1H3,(H2,15,16,19). The maximum absolute atomic E-state index is 9.63. The summed E-state index contributed by atoms with van der Waals surface area (Å²) in [4.78, 5) is 0. The van der Waals surface area contributed by atoms with E-state index < -0.39 is 0 Å². The average molecular weight is 274 g/mol. The first-order valence-electron chi connectivity index (χ1n) is 5.69. The Morgan fingerprint density at radius 1 is 1.05 bits per heavy atom. The Bertz CT molecular complexity index is 570. The molecule has 19 heavy (non-hydrogen) atoms. The van der Waals surface area contributed by atoms with Crippen molar-refractivity contribution in [2.75, 3.05) is 17.7 Å². The summed E-state index contributed by atoms with van der Waals surface area (Å²) in [5.74, 6) is 0.937. The van der Waals surface area contributed by atoms with Crippen molar-refractivity contribution >= 4 is 28.7 Å².